The number of benzene rings is 2. The normalized spacial score (nSPS) is 11.1. The molecule has 0 radical (unpaired) electrons. The van der Waals surface area contributed by atoms with Crippen LogP contribution >= 0.6 is 23.2 Å². The minimum atomic E-state index is 0.466. The lowest BCUT2D eigenvalue weighted by Crippen LogP contribution is -1.88. The Balaban J connectivity index is 2.16. The van der Waals surface area contributed by atoms with E-state index in [0.29, 0.717) is 15.8 Å². The van der Waals surface area contributed by atoms with E-state index in [-0.39, 0.29) is 0 Å². The minimum Gasteiger partial charge on any atom is -0.494 e. The molecule has 0 fully saturated rings. The summed E-state index contributed by atoms with van der Waals surface area (Å²) < 4.78 is 5.16. The third-order valence-electron chi connectivity index (χ3n) is 3.57. The Morgan fingerprint density at radius 1 is 1.00 bits per heavy atom. The van der Waals surface area contributed by atoms with E-state index in [1.807, 2.05) is 0 Å². The van der Waals surface area contributed by atoms with Gasteiger partial charge in [0.15, 0.2) is 5.75 Å². The van der Waals surface area contributed by atoms with Crippen molar-refractivity contribution in [1.29, 1.82) is 0 Å². The molecule has 0 saturated heterocycles. The topological polar surface area (TPSA) is 37.9 Å². The van der Waals surface area contributed by atoms with Crippen molar-refractivity contribution in [2.24, 2.45) is 0 Å². The molecule has 3 rings (SSSR count). The van der Waals surface area contributed by atoms with Gasteiger partial charge in [-0.15, -0.1) is 0 Å². The number of hydrogen-bond donors (Lipinski definition) is 1. The number of hydrogen-bond acceptors (Lipinski definition) is 2. The molecule has 0 saturated carbocycles. The van der Waals surface area contributed by atoms with Crippen LogP contribution in [0.2, 0.25) is 10.0 Å². The molecule has 1 aromatic heterocycles. The maximum Gasteiger partial charge on any atom is 0.156 e. The summed E-state index contributed by atoms with van der Waals surface area (Å²) >= 11 is 12.4. The molecule has 1 heterocycles. The van der Waals surface area contributed by atoms with Crippen molar-refractivity contribution in [2.45, 2.75) is 13.8 Å². The monoisotopic (exact) mass is 320 g/mol. The number of H-pyrrole nitrogens is 1. The predicted molar refractivity (Wildman–Crippen MR) is 87.6 cm³/mol. The van der Waals surface area contributed by atoms with Gasteiger partial charge in [0.05, 0.1) is 28.2 Å². The van der Waals surface area contributed by atoms with Crippen LogP contribution in [0, 0.1) is 13.8 Å². The van der Waals surface area contributed by atoms with Crippen LogP contribution in [0.5, 0.6) is 5.75 Å². The van der Waals surface area contributed by atoms with Gasteiger partial charge in [-0.25, -0.2) is 4.98 Å². The number of halogens is 2. The first-order valence-corrected chi connectivity index (χ1v) is 7.25. The van der Waals surface area contributed by atoms with Crippen molar-refractivity contribution in [3.8, 4) is 17.1 Å². The number of nitrogens with one attached hydrogen (secondary N) is 1. The number of methoxy groups -OCH3 is 1. The highest BCUT2D eigenvalue weighted by Gasteiger charge is 2.13. The standard InChI is InChI=1S/C16H14Cl2N2O/c1-8-4-13-14(5-9(8)2)20-16(19-13)10-6-11(17)15(21-3)12(18)7-10/h4-7H,1-3H3,(H,19,20). The van der Waals surface area contributed by atoms with E-state index < -0.39 is 0 Å². The van der Waals surface area contributed by atoms with Gasteiger partial charge in [-0.3, -0.25) is 0 Å². The third-order valence-corrected chi connectivity index (χ3v) is 4.13. The molecule has 0 aliphatic heterocycles. The third kappa shape index (κ3) is 2.47. The van der Waals surface area contributed by atoms with E-state index in [0.717, 1.165) is 22.4 Å². The average molecular weight is 321 g/mol. The van der Waals surface area contributed by atoms with Crippen molar-refractivity contribution in [3.05, 3.63) is 45.4 Å². The number of aromatic nitrogens is 2. The molecule has 3 nitrogen and oxygen atoms in total. The van der Waals surface area contributed by atoms with Gasteiger partial charge in [-0.1, -0.05) is 23.2 Å². The van der Waals surface area contributed by atoms with Crippen LogP contribution in [0.4, 0.5) is 0 Å². The van der Waals surface area contributed by atoms with Gasteiger partial charge >= 0.3 is 0 Å². The van der Waals surface area contributed by atoms with Gasteiger partial charge in [0.1, 0.15) is 5.82 Å². The molecule has 2 aromatic carbocycles. The molecule has 0 atom stereocenters. The van der Waals surface area contributed by atoms with Crippen molar-refractivity contribution >= 4 is 34.2 Å². The maximum atomic E-state index is 6.18. The van der Waals surface area contributed by atoms with E-state index in [1.54, 1.807) is 19.2 Å². The largest absolute Gasteiger partial charge is 0.494 e. The molecular formula is C16H14Cl2N2O. The number of aryl methyl sites for hydroxylation is 2. The number of ether oxygens (including phenoxy) is 1. The fourth-order valence-electron chi connectivity index (χ4n) is 2.30. The van der Waals surface area contributed by atoms with Gasteiger partial charge < -0.3 is 9.72 Å². The smallest absolute Gasteiger partial charge is 0.156 e. The Kier molecular flexibility index (Phi) is 3.56. The summed E-state index contributed by atoms with van der Waals surface area (Å²) in [7, 11) is 1.54. The summed E-state index contributed by atoms with van der Waals surface area (Å²) in [4.78, 5) is 7.91. The SMILES string of the molecule is COc1c(Cl)cc(-c2nc3cc(C)c(C)cc3[nH]2)cc1Cl. The van der Waals surface area contributed by atoms with Gasteiger partial charge in [-0.2, -0.15) is 0 Å². The molecule has 3 aromatic rings. The molecule has 0 bridgehead atoms. The lowest BCUT2D eigenvalue weighted by molar-refractivity contribution is 0.415. The molecule has 0 aliphatic carbocycles. The lowest BCUT2D eigenvalue weighted by atomic mass is 10.1. The fourth-order valence-corrected chi connectivity index (χ4v) is 2.94. The highest BCUT2D eigenvalue weighted by molar-refractivity contribution is 6.37. The van der Waals surface area contributed by atoms with Gasteiger partial charge in [0, 0.05) is 5.56 Å². The summed E-state index contributed by atoms with van der Waals surface area (Å²) in [5.74, 6) is 1.21. The van der Waals surface area contributed by atoms with Crippen LogP contribution < -0.4 is 4.74 Å². The lowest BCUT2D eigenvalue weighted by Gasteiger charge is -2.07. The molecule has 0 unspecified atom stereocenters. The summed E-state index contributed by atoms with van der Waals surface area (Å²) in [5.41, 5.74) is 5.19. The molecule has 0 aliphatic rings. The number of imidazole rings is 1. The van der Waals surface area contributed by atoms with Crippen LogP contribution in [0.25, 0.3) is 22.4 Å². The average Bonchev–Trinajstić information content (AvgIpc) is 2.82. The van der Waals surface area contributed by atoms with Crippen LogP contribution in [0.3, 0.4) is 0 Å². The molecule has 5 heteroatoms. The molecule has 108 valence electrons. The first kappa shape index (κ1) is 14.2. The van der Waals surface area contributed by atoms with Crippen molar-refractivity contribution in [2.75, 3.05) is 7.11 Å². The Labute approximate surface area is 132 Å². The Morgan fingerprint density at radius 2 is 1.62 bits per heavy atom. The van der Waals surface area contributed by atoms with Gasteiger partial charge in [0.25, 0.3) is 0 Å². The second-order valence-electron chi connectivity index (χ2n) is 5.01. The number of aromatic amines is 1. The van der Waals surface area contributed by atoms with Crippen LogP contribution in [-0.2, 0) is 0 Å². The predicted octanol–water partition coefficient (Wildman–Crippen LogP) is 5.16. The highest BCUT2D eigenvalue weighted by atomic mass is 35.5. The first-order chi connectivity index (χ1) is 9.99. The second kappa shape index (κ2) is 5.24. The summed E-state index contributed by atoms with van der Waals surface area (Å²) in [6.45, 7) is 4.15. The number of nitrogens with zero attached hydrogens (tertiary/aromatic N) is 1. The highest BCUT2D eigenvalue weighted by Crippen LogP contribution is 2.37. The van der Waals surface area contributed by atoms with Crippen molar-refractivity contribution < 1.29 is 4.74 Å². The van der Waals surface area contributed by atoms with Crippen molar-refractivity contribution in [1.82, 2.24) is 9.97 Å². The summed E-state index contributed by atoms with van der Waals surface area (Å²) in [6, 6.07) is 7.75. The van der Waals surface area contributed by atoms with E-state index in [2.05, 4.69) is 35.9 Å². The van der Waals surface area contributed by atoms with Gasteiger partial charge in [-0.05, 0) is 49.2 Å². The summed E-state index contributed by atoms with van der Waals surface area (Å²) in [5, 5.41) is 0.931. The zero-order valence-electron chi connectivity index (χ0n) is 11.9. The van der Waals surface area contributed by atoms with E-state index in [1.165, 1.54) is 11.1 Å². The first-order valence-electron chi connectivity index (χ1n) is 6.50. The molecule has 21 heavy (non-hydrogen) atoms. The molecular weight excluding hydrogens is 307 g/mol. The number of fused-ring (bicyclic) bond motifs is 1. The van der Waals surface area contributed by atoms with Gasteiger partial charge in [0.2, 0.25) is 0 Å². The van der Waals surface area contributed by atoms with E-state index in [9.17, 15) is 0 Å². The Bertz CT molecular complexity index is 778. The van der Waals surface area contributed by atoms with Crippen LogP contribution in [0.1, 0.15) is 11.1 Å². The van der Waals surface area contributed by atoms with Crippen LogP contribution in [0.15, 0.2) is 24.3 Å². The van der Waals surface area contributed by atoms with Crippen molar-refractivity contribution in [3.63, 3.8) is 0 Å². The second-order valence-corrected chi connectivity index (χ2v) is 5.83. The fraction of sp³-hybridized carbons (Fsp3) is 0.188. The quantitative estimate of drug-likeness (QED) is 0.708. The van der Waals surface area contributed by atoms with E-state index in [4.69, 9.17) is 27.9 Å². The zero-order chi connectivity index (χ0) is 15.1. The minimum absolute atomic E-state index is 0.466. The number of rotatable bonds is 2. The molecule has 1 N–H and O–H groups in total. The zero-order valence-corrected chi connectivity index (χ0v) is 13.4. The summed E-state index contributed by atoms with van der Waals surface area (Å²) in [6.07, 6.45) is 0. The molecule has 0 amide bonds. The molecule has 0 spiro atoms. The Morgan fingerprint density at radius 3 is 2.24 bits per heavy atom. The Hall–Kier alpha value is -1.71. The maximum absolute atomic E-state index is 6.18. The van der Waals surface area contributed by atoms with E-state index >= 15 is 0 Å². The van der Waals surface area contributed by atoms with Crippen LogP contribution in [-0.4, -0.2) is 17.1 Å².